The third kappa shape index (κ3) is 3.02. The second kappa shape index (κ2) is 6.08. The van der Waals surface area contributed by atoms with Crippen LogP contribution in [0, 0.1) is 6.92 Å². The number of ether oxygens (including phenoxy) is 1. The van der Waals surface area contributed by atoms with Crippen molar-refractivity contribution in [3.63, 3.8) is 0 Å². The summed E-state index contributed by atoms with van der Waals surface area (Å²) in [7, 11) is -0.370. The quantitative estimate of drug-likeness (QED) is 0.691. The molecule has 24 heavy (non-hydrogen) atoms. The first kappa shape index (κ1) is 16.2. The first-order valence-corrected chi connectivity index (χ1v) is 8.82. The molecule has 0 unspecified atom stereocenters. The van der Waals surface area contributed by atoms with E-state index in [9.17, 15) is 8.42 Å². The van der Waals surface area contributed by atoms with E-state index in [1.165, 1.54) is 10.9 Å². The Morgan fingerprint density at radius 3 is 2.50 bits per heavy atom. The second-order valence-electron chi connectivity index (χ2n) is 5.37. The van der Waals surface area contributed by atoms with Gasteiger partial charge >= 0.3 is 0 Å². The molecule has 3 rings (SSSR count). The van der Waals surface area contributed by atoms with Gasteiger partial charge in [-0.3, -0.25) is 9.25 Å². The summed E-state index contributed by atoms with van der Waals surface area (Å²) in [5.74, 6) is 0.453. The zero-order valence-corrected chi connectivity index (χ0v) is 14.4. The Morgan fingerprint density at radius 1 is 1.21 bits per heavy atom. The van der Waals surface area contributed by atoms with E-state index in [2.05, 4.69) is 15.3 Å². The zero-order valence-electron chi connectivity index (χ0n) is 13.5. The van der Waals surface area contributed by atoms with Crippen LogP contribution in [0.1, 0.15) is 11.3 Å². The average Bonchev–Trinajstić information content (AvgIpc) is 3.15. The van der Waals surface area contributed by atoms with Crippen molar-refractivity contribution in [3.8, 4) is 11.4 Å². The molecule has 0 saturated carbocycles. The Labute approximate surface area is 139 Å². The highest BCUT2D eigenvalue weighted by atomic mass is 32.2. The van der Waals surface area contributed by atoms with Crippen LogP contribution in [0.15, 0.2) is 41.9 Å². The van der Waals surface area contributed by atoms with E-state index < -0.39 is 9.84 Å². The lowest BCUT2D eigenvalue weighted by Gasteiger charge is -2.08. The fourth-order valence-corrected chi connectivity index (χ4v) is 3.79. The molecule has 2 aromatic heterocycles. The SMILES string of the molecule is COc1ccc(-n2cnnc2S(=O)(=O)Cc2nn(C)cc2C)cc1. The molecule has 0 aliphatic carbocycles. The van der Waals surface area contributed by atoms with E-state index in [0.29, 0.717) is 17.1 Å². The van der Waals surface area contributed by atoms with Crippen LogP contribution in [0.3, 0.4) is 0 Å². The zero-order chi connectivity index (χ0) is 17.3. The smallest absolute Gasteiger partial charge is 0.254 e. The molecule has 0 bridgehead atoms. The summed E-state index contributed by atoms with van der Waals surface area (Å²) >= 11 is 0. The summed E-state index contributed by atoms with van der Waals surface area (Å²) in [6, 6.07) is 6.98. The Morgan fingerprint density at radius 2 is 1.92 bits per heavy atom. The van der Waals surface area contributed by atoms with E-state index in [0.717, 1.165) is 5.56 Å². The highest BCUT2D eigenvalue weighted by Crippen LogP contribution is 2.20. The van der Waals surface area contributed by atoms with E-state index in [-0.39, 0.29) is 10.9 Å². The second-order valence-corrected chi connectivity index (χ2v) is 7.26. The van der Waals surface area contributed by atoms with Crippen LogP contribution in [0.2, 0.25) is 0 Å². The molecule has 0 radical (unpaired) electrons. The van der Waals surface area contributed by atoms with E-state index >= 15 is 0 Å². The molecule has 0 aliphatic rings. The molecular weight excluding hydrogens is 330 g/mol. The number of methoxy groups -OCH3 is 1. The van der Waals surface area contributed by atoms with Crippen LogP contribution in [0.25, 0.3) is 5.69 Å². The maximum Gasteiger partial charge on any atom is 0.254 e. The van der Waals surface area contributed by atoms with Gasteiger partial charge < -0.3 is 4.74 Å². The lowest BCUT2D eigenvalue weighted by molar-refractivity contribution is 0.414. The molecule has 8 nitrogen and oxygen atoms in total. The third-order valence-corrected chi connectivity index (χ3v) is 5.07. The van der Waals surface area contributed by atoms with Crippen molar-refractivity contribution in [2.75, 3.05) is 7.11 Å². The largest absolute Gasteiger partial charge is 0.497 e. The van der Waals surface area contributed by atoms with Gasteiger partial charge in [0.05, 0.1) is 12.8 Å². The summed E-state index contributed by atoms with van der Waals surface area (Å²) in [4.78, 5) is 0. The van der Waals surface area contributed by atoms with Gasteiger partial charge in [-0.05, 0) is 36.8 Å². The Bertz CT molecular complexity index is 957. The molecule has 9 heteroatoms. The maximum atomic E-state index is 12.7. The van der Waals surface area contributed by atoms with E-state index in [1.54, 1.807) is 49.3 Å². The fraction of sp³-hybridized carbons (Fsp3) is 0.267. The predicted octanol–water partition coefficient (Wildman–Crippen LogP) is 1.29. The fourth-order valence-electron chi connectivity index (χ4n) is 2.40. The standard InChI is InChI=1S/C15H17N5O3S/c1-11-8-19(2)18-14(11)9-24(21,22)15-17-16-10-20(15)12-4-6-13(23-3)7-5-12/h4-8,10H,9H2,1-3H3. The number of rotatable bonds is 5. The normalized spacial score (nSPS) is 11.6. The Hall–Kier alpha value is -2.68. The van der Waals surface area contributed by atoms with E-state index in [1.807, 2.05) is 6.92 Å². The lowest BCUT2D eigenvalue weighted by atomic mass is 10.3. The molecular formula is C15H17N5O3S. The van der Waals surface area contributed by atoms with Gasteiger partial charge in [-0.15, -0.1) is 10.2 Å². The van der Waals surface area contributed by atoms with Crippen LogP contribution in [0.4, 0.5) is 0 Å². The number of benzene rings is 1. The van der Waals surface area contributed by atoms with Crippen LogP contribution in [0.5, 0.6) is 5.75 Å². The number of aromatic nitrogens is 5. The minimum atomic E-state index is -3.69. The maximum absolute atomic E-state index is 12.7. The number of sulfone groups is 1. The molecule has 3 aromatic rings. The first-order chi connectivity index (χ1) is 11.4. The van der Waals surface area contributed by atoms with Gasteiger partial charge in [-0.2, -0.15) is 5.10 Å². The summed E-state index contributed by atoms with van der Waals surface area (Å²) < 4.78 is 33.6. The Balaban J connectivity index is 1.97. The average molecular weight is 347 g/mol. The molecule has 1 aromatic carbocycles. The number of hydrogen-bond donors (Lipinski definition) is 0. The van der Waals surface area contributed by atoms with Crippen molar-refractivity contribution in [2.45, 2.75) is 17.8 Å². The van der Waals surface area contributed by atoms with Gasteiger partial charge in [0.25, 0.3) is 5.16 Å². The van der Waals surface area contributed by atoms with E-state index in [4.69, 9.17) is 4.74 Å². The van der Waals surface area contributed by atoms with Gasteiger partial charge in [0.2, 0.25) is 9.84 Å². The monoisotopic (exact) mass is 347 g/mol. The van der Waals surface area contributed by atoms with Crippen LogP contribution in [-0.2, 0) is 22.6 Å². The number of hydrogen-bond acceptors (Lipinski definition) is 6. The minimum Gasteiger partial charge on any atom is -0.497 e. The molecule has 0 atom stereocenters. The predicted molar refractivity (Wildman–Crippen MR) is 86.7 cm³/mol. The molecule has 2 heterocycles. The van der Waals surface area contributed by atoms with Crippen molar-refractivity contribution < 1.29 is 13.2 Å². The Kier molecular flexibility index (Phi) is 4.10. The van der Waals surface area contributed by atoms with Gasteiger partial charge in [0, 0.05) is 18.9 Å². The van der Waals surface area contributed by atoms with Crippen molar-refractivity contribution >= 4 is 9.84 Å². The van der Waals surface area contributed by atoms with Gasteiger partial charge in [-0.25, -0.2) is 8.42 Å². The molecule has 0 saturated heterocycles. The molecule has 0 spiro atoms. The van der Waals surface area contributed by atoms with Gasteiger partial charge in [0.1, 0.15) is 17.8 Å². The van der Waals surface area contributed by atoms with Crippen molar-refractivity contribution in [3.05, 3.63) is 48.0 Å². The molecule has 126 valence electrons. The number of nitrogens with zero attached hydrogens (tertiary/aromatic N) is 5. The topological polar surface area (TPSA) is 91.9 Å². The third-order valence-electron chi connectivity index (χ3n) is 3.59. The minimum absolute atomic E-state index is 0.113. The molecule has 0 fully saturated rings. The summed E-state index contributed by atoms with van der Waals surface area (Å²) in [6.45, 7) is 1.83. The first-order valence-electron chi connectivity index (χ1n) is 7.17. The lowest BCUT2D eigenvalue weighted by Crippen LogP contribution is -2.13. The van der Waals surface area contributed by atoms with Crippen molar-refractivity contribution in [1.29, 1.82) is 0 Å². The van der Waals surface area contributed by atoms with Crippen molar-refractivity contribution in [1.82, 2.24) is 24.5 Å². The van der Waals surface area contributed by atoms with Crippen LogP contribution >= 0.6 is 0 Å². The summed E-state index contributed by atoms with van der Waals surface area (Å²) in [6.07, 6.45) is 3.15. The van der Waals surface area contributed by atoms with Crippen LogP contribution in [-0.4, -0.2) is 40.1 Å². The molecule has 0 amide bonds. The van der Waals surface area contributed by atoms with Gasteiger partial charge in [-0.1, -0.05) is 0 Å². The number of aryl methyl sites for hydroxylation is 2. The molecule has 0 N–H and O–H groups in total. The summed E-state index contributed by atoms with van der Waals surface area (Å²) in [5, 5.41) is 11.6. The molecule has 0 aliphatic heterocycles. The van der Waals surface area contributed by atoms with Crippen LogP contribution < -0.4 is 4.74 Å². The highest BCUT2D eigenvalue weighted by Gasteiger charge is 2.25. The summed E-state index contributed by atoms with van der Waals surface area (Å²) in [5.41, 5.74) is 1.95. The van der Waals surface area contributed by atoms with Gasteiger partial charge in [0.15, 0.2) is 0 Å². The van der Waals surface area contributed by atoms with Crippen molar-refractivity contribution in [2.24, 2.45) is 7.05 Å². The highest BCUT2D eigenvalue weighted by molar-refractivity contribution is 7.90.